The van der Waals surface area contributed by atoms with Crippen molar-refractivity contribution in [2.75, 3.05) is 0 Å². The van der Waals surface area contributed by atoms with E-state index >= 15 is 0 Å². The van der Waals surface area contributed by atoms with Crippen molar-refractivity contribution in [3.8, 4) is 0 Å². The lowest BCUT2D eigenvalue weighted by Crippen LogP contribution is -2.00. The summed E-state index contributed by atoms with van der Waals surface area (Å²) in [5, 5.41) is 0. The molecule has 2 aromatic rings. The molecule has 1 aliphatic carbocycles. The standard InChI is InChI=1S/C12H12N2O2/c15-11-4-2-1-3-7-5-9-10(6-8(7)11)14-12(16)13-9/h5-6H,1-4H2,(H2,13,14,16). The zero-order chi connectivity index (χ0) is 11.1. The minimum Gasteiger partial charge on any atom is -0.306 e. The molecule has 1 heterocycles. The normalized spacial score (nSPS) is 16.1. The van der Waals surface area contributed by atoms with E-state index in [1.807, 2.05) is 6.07 Å². The van der Waals surface area contributed by atoms with Gasteiger partial charge in [0.1, 0.15) is 0 Å². The largest absolute Gasteiger partial charge is 0.323 e. The summed E-state index contributed by atoms with van der Waals surface area (Å²) < 4.78 is 0. The monoisotopic (exact) mass is 216 g/mol. The highest BCUT2D eigenvalue weighted by atomic mass is 16.1. The van der Waals surface area contributed by atoms with Gasteiger partial charge in [-0.25, -0.2) is 4.79 Å². The Balaban J connectivity index is 2.29. The maximum absolute atomic E-state index is 11.9. The van der Waals surface area contributed by atoms with Gasteiger partial charge < -0.3 is 9.97 Å². The molecule has 0 saturated heterocycles. The fourth-order valence-corrected chi connectivity index (χ4v) is 2.33. The Morgan fingerprint density at radius 2 is 1.62 bits per heavy atom. The van der Waals surface area contributed by atoms with Crippen LogP contribution in [0.4, 0.5) is 0 Å². The van der Waals surface area contributed by atoms with E-state index in [0.717, 1.165) is 41.4 Å². The summed E-state index contributed by atoms with van der Waals surface area (Å²) in [6.07, 6.45) is 3.54. The molecule has 0 spiro atoms. The van der Waals surface area contributed by atoms with Crippen LogP contribution in [0.2, 0.25) is 0 Å². The first-order valence-electron chi connectivity index (χ1n) is 5.52. The number of rotatable bonds is 0. The molecular weight excluding hydrogens is 204 g/mol. The average Bonchev–Trinajstić information content (AvgIpc) is 2.52. The average molecular weight is 216 g/mol. The van der Waals surface area contributed by atoms with E-state index in [4.69, 9.17) is 0 Å². The highest BCUT2D eigenvalue weighted by molar-refractivity contribution is 6.00. The molecule has 0 atom stereocenters. The SMILES string of the molecule is O=C1CCCCc2cc3[nH]c(=O)[nH]c3cc21. The Bertz CT molecular complexity index is 621. The topological polar surface area (TPSA) is 65.7 Å². The van der Waals surface area contributed by atoms with E-state index in [9.17, 15) is 9.59 Å². The molecule has 82 valence electrons. The number of Topliss-reactive ketones (excluding diaryl/α,β-unsaturated/α-hetero) is 1. The molecule has 4 nitrogen and oxygen atoms in total. The Morgan fingerprint density at radius 1 is 0.938 bits per heavy atom. The number of nitrogens with one attached hydrogen (secondary N) is 2. The number of fused-ring (bicyclic) bond motifs is 2. The van der Waals surface area contributed by atoms with Crippen LogP contribution in [0.15, 0.2) is 16.9 Å². The second-order valence-electron chi connectivity index (χ2n) is 4.26. The molecule has 4 heteroatoms. The Morgan fingerprint density at radius 3 is 2.44 bits per heavy atom. The van der Waals surface area contributed by atoms with Crippen molar-refractivity contribution < 1.29 is 4.79 Å². The fraction of sp³-hybridized carbons (Fsp3) is 0.333. The summed E-state index contributed by atoms with van der Waals surface area (Å²) in [5.41, 5.74) is 3.13. The van der Waals surface area contributed by atoms with Crippen LogP contribution in [0.3, 0.4) is 0 Å². The predicted octanol–water partition coefficient (Wildman–Crippen LogP) is 1.77. The van der Waals surface area contributed by atoms with E-state index in [-0.39, 0.29) is 11.5 Å². The second-order valence-corrected chi connectivity index (χ2v) is 4.26. The summed E-state index contributed by atoms with van der Waals surface area (Å²) in [5.74, 6) is 0.191. The number of imidazole rings is 1. The number of hydrogen-bond acceptors (Lipinski definition) is 2. The molecule has 1 aromatic heterocycles. The van der Waals surface area contributed by atoms with Crippen LogP contribution in [0.5, 0.6) is 0 Å². The Kier molecular flexibility index (Phi) is 1.96. The van der Waals surface area contributed by atoms with Crippen molar-refractivity contribution in [3.63, 3.8) is 0 Å². The number of benzene rings is 1. The molecule has 0 unspecified atom stereocenters. The predicted molar refractivity (Wildman–Crippen MR) is 60.8 cm³/mol. The van der Waals surface area contributed by atoms with Gasteiger partial charge in [0.2, 0.25) is 0 Å². The zero-order valence-electron chi connectivity index (χ0n) is 8.80. The number of aryl methyl sites for hydroxylation is 1. The molecule has 3 rings (SSSR count). The molecule has 1 aromatic carbocycles. The van der Waals surface area contributed by atoms with Crippen molar-refractivity contribution in [3.05, 3.63) is 33.7 Å². The lowest BCUT2D eigenvalue weighted by molar-refractivity contribution is 0.0982. The maximum atomic E-state index is 11.9. The van der Waals surface area contributed by atoms with Crippen molar-refractivity contribution in [2.24, 2.45) is 0 Å². The number of H-pyrrole nitrogens is 2. The number of carbonyl (C=O) groups excluding carboxylic acids is 1. The molecule has 16 heavy (non-hydrogen) atoms. The van der Waals surface area contributed by atoms with Crippen LogP contribution < -0.4 is 5.69 Å². The van der Waals surface area contributed by atoms with Crippen molar-refractivity contribution in [2.45, 2.75) is 25.7 Å². The third-order valence-corrected chi connectivity index (χ3v) is 3.14. The van der Waals surface area contributed by atoms with Crippen LogP contribution in [-0.2, 0) is 6.42 Å². The summed E-state index contributed by atoms with van der Waals surface area (Å²) in [7, 11) is 0. The third-order valence-electron chi connectivity index (χ3n) is 3.14. The van der Waals surface area contributed by atoms with Gasteiger partial charge >= 0.3 is 5.69 Å². The molecule has 0 radical (unpaired) electrons. The molecule has 0 amide bonds. The van der Waals surface area contributed by atoms with Gasteiger partial charge in [0.05, 0.1) is 11.0 Å². The van der Waals surface area contributed by atoms with Gasteiger partial charge in [0, 0.05) is 12.0 Å². The zero-order valence-corrected chi connectivity index (χ0v) is 8.80. The van der Waals surface area contributed by atoms with Crippen LogP contribution >= 0.6 is 0 Å². The molecule has 1 aliphatic rings. The van der Waals surface area contributed by atoms with Gasteiger partial charge in [-0.3, -0.25) is 4.79 Å². The number of aromatic amines is 2. The lowest BCUT2D eigenvalue weighted by Gasteiger charge is -2.03. The van der Waals surface area contributed by atoms with Gasteiger partial charge in [-0.2, -0.15) is 0 Å². The van der Waals surface area contributed by atoms with E-state index in [1.165, 1.54) is 0 Å². The minimum atomic E-state index is -0.220. The van der Waals surface area contributed by atoms with Crippen molar-refractivity contribution in [1.82, 2.24) is 9.97 Å². The van der Waals surface area contributed by atoms with Gasteiger partial charge in [-0.15, -0.1) is 0 Å². The first-order valence-corrected chi connectivity index (χ1v) is 5.52. The van der Waals surface area contributed by atoms with Gasteiger partial charge in [-0.05, 0) is 37.0 Å². The van der Waals surface area contributed by atoms with Crippen molar-refractivity contribution in [1.29, 1.82) is 0 Å². The molecule has 2 N–H and O–H groups in total. The van der Waals surface area contributed by atoms with Gasteiger partial charge in [0.15, 0.2) is 5.78 Å². The number of aromatic nitrogens is 2. The van der Waals surface area contributed by atoms with Crippen LogP contribution in [0.25, 0.3) is 11.0 Å². The van der Waals surface area contributed by atoms with Crippen LogP contribution in [-0.4, -0.2) is 15.8 Å². The molecule has 0 fully saturated rings. The number of hydrogen-bond donors (Lipinski definition) is 2. The molecular formula is C12H12N2O2. The number of carbonyl (C=O) groups is 1. The first kappa shape index (κ1) is 9.39. The smallest absolute Gasteiger partial charge is 0.306 e. The minimum absolute atomic E-state index is 0.191. The van der Waals surface area contributed by atoms with E-state index in [0.29, 0.717) is 6.42 Å². The highest BCUT2D eigenvalue weighted by Crippen LogP contribution is 2.23. The highest BCUT2D eigenvalue weighted by Gasteiger charge is 2.16. The van der Waals surface area contributed by atoms with E-state index in [2.05, 4.69) is 9.97 Å². The van der Waals surface area contributed by atoms with Gasteiger partial charge in [-0.1, -0.05) is 0 Å². The maximum Gasteiger partial charge on any atom is 0.323 e. The van der Waals surface area contributed by atoms with Crippen LogP contribution in [0.1, 0.15) is 35.2 Å². The first-order chi connectivity index (χ1) is 7.74. The Labute approximate surface area is 91.7 Å². The quantitative estimate of drug-likeness (QED) is 0.659. The molecule has 0 aliphatic heterocycles. The summed E-state index contributed by atoms with van der Waals surface area (Å²) >= 11 is 0. The second kappa shape index (κ2) is 3.33. The van der Waals surface area contributed by atoms with Crippen LogP contribution in [0, 0.1) is 0 Å². The fourth-order valence-electron chi connectivity index (χ4n) is 2.33. The van der Waals surface area contributed by atoms with E-state index < -0.39 is 0 Å². The van der Waals surface area contributed by atoms with E-state index in [1.54, 1.807) is 6.07 Å². The summed E-state index contributed by atoms with van der Waals surface area (Å²) in [6.45, 7) is 0. The molecule has 0 saturated carbocycles. The lowest BCUT2D eigenvalue weighted by atomic mass is 10.0. The van der Waals surface area contributed by atoms with Gasteiger partial charge in [0.25, 0.3) is 0 Å². The third kappa shape index (κ3) is 1.38. The summed E-state index contributed by atoms with van der Waals surface area (Å²) in [4.78, 5) is 28.4. The Hall–Kier alpha value is -1.84. The molecule has 0 bridgehead atoms. The summed E-state index contributed by atoms with van der Waals surface area (Å²) in [6, 6.07) is 3.72. The van der Waals surface area contributed by atoms with Crippen molar-refractivity contribution >= 4 is 16.8 Å². The number of ketones is 1.